The Labute approximate surface area is 256 Å². The minimum Gasteiger partial charge on any atom is -0.355 e. The molecule has 11 heteroatoms. The number of halogens is 2. The molecule has 5 aromatic rings. The Hall–Kier alpha value is -4.91. The lowest BCUT2D eigenvalue weighted by Crippen LogP contribution is -2.41. The number of benzene rings is 3. The van der Waals surface area contributed by atoms with Gasteiger partial charge < -0.3 is 10.2 Å². The third-order valence-corrected chi connectivity index (χ3v) is 8.35. The summed E-state index contributed by atoms with van der Waals surface area (Å²) < 4.78 is 3.35. The number of carbonyl (C=O) groups excluding carboxylic acids is 2. The lowest BCUT2D eigenvalue weighted by Gasteiger charge is -2.30. The first-order valence-corrected chi connectivity index (χ1v) is 14.2. The molecule has 2 aromatic heterocycles. The Morgan fingerprint density at radius 3 is 2.40 bits per heavy atom. The van der Waals surface area contributed by atoms with Crippen molar-refractivity contribution >= 4 is 40.7 Å². The Kier molecular flexibility index (Phi) is 7.48. The van der Waals surface area contributed by atoms with Crippen LogP contribution in [0.15, 0.2) is 77.7 Å². The molecule has 3 aromatic carbocycles. The summed E-state index contributed by atoms with van der Waals surface area (Å²) in [5.74, 6) is -0.455. The highest BCUT2D eigenvalue weighted by Crippen LogP contribution is 2.27. The molecule has 0 atom stereocenters. The van der Waals surface area contributed by atoms with E-state index in [1.165, 1.54) is 0 Å². The molecule has 9 nitrogen and oxygen atoms in total. The maximum atomic E-state index is 14.2. The van der Waals surface area contributed by atoms with Crippen LogP contribution in [0.25, 0.3) is 11.3 Å². The summed E-state index contributed by atoms with van der Waals surface area (Å²) >= 11 is 12.2. The van der Waals surface area contributed by atoms with Gasteiger partial charge in [-0.15, -0.1) is 0 Å². The summed E-state index contributed by atoms with van der Waals surface area (Å²) in [5.41, 5.74) is 5.28. The van der Waals surface area contributed by atoms with Crippen LogP contribution in [0.1, 0.15) is 48.7 Å². The molecule has 6 rings (SSSR count). The topological polar surface area (TPSA) is 112 Å². The van der Waals surface area contributed by atoms with Crippen LogP contribution in [0.2, 0.25) is 10.0 Å². The highest BCUT2D eigenvalue weighted by Gasteiger charge is 2.29. The van der Waals surface area contributed by atoms with Crippen LogP contribution in [0.3, 0.4) is 0 Å². The van der Waals surface area contributed by atoms with E-state index in [0.717, 1.165) is 11.1 Å². The summed E-state index contributed by atoms with van der Waals surface area (Å²) in [6.07, 6.45) is 2.51. The molecular formula is C32H24Cl2N6O3. The number of nitrogens with one attached hydrogen (secondary N) is 1. The lowest BCUT2D eigenvalue weighted by atomic mass is 10.0. The fourth-order valence-corrected chi connectivity index (χ4v) is 5.69. The first kappa shape index (κ1) is 28.2. The van der Waals surface area contributed by atoms with Crippen molar-refractivity contribution in [2.75, 3.05) is 13.6 Å². The van der Waals surface area contributed by atoms with E-state index in [9.17, 15) is 19.6 Å². The standard InChI is InChI=1S/C32H24Cl2N6O3/c1-36-29(41)21-6-9-24(10-7-21)39-30-23(14-19-2-4-20(16-35)5-3-19)17-37-40(30)28-18-38(13-12-25(28)32(39)43)31(42)22-8-11-26(33)27(34)15-22/h2-11,15,17H,12-14,18H2,1H3,(H,36,41). The fraction of sp³-hybridized carbons (Fsp3) is 0.156. The third kappa shape index (κ3) is 5.16. The van der Waals surface area contributed by atoms with Gasteiger partial charge in [-0.05, 0) is 66.6 Å². The van der Waals surface area contributed by atoms with Gasteiger partial charge in [-0.1, -0.05) is 35.3 Å². The number of hydrogen-bond acceptors (Lipinski definition) is 5. The Bertz CT molecular complexity index is 2010. The van der Waals surface area contributed by atoms with Gasteiger partial charge in [-0.25, -0.2) is 4.52 Å². The van der Waals surface area contributed by atoms with Crippen LogP contribution in [-0.4, -0.2) is 44.5 Å². The van der Waals surface area contributed by atoms with E-state index < -0.39 is 0 Å². The molecule has 1 aliphatic rings. The number of carbonyl (C=O) groups is 2. The van der Waals surface area contributed by atoms with Gasteiger partial charge in [0.15, 0.2) is 0 Å². The first-order valence-electron chi connectivity index (χ1n) is 13.5. The normalized spacial score (nSPS) is 12.6. The summed E-state index contributed by atoms with van der Waals surface area (Å²) in [4.78, 5) is 41.5. The molecule has 0 bridgehead atoms. The molecule has 0 radical (unpaired) electrons. The highest BCUT2D eigenvalue weighted by molar-refractivity contribution is 6.42. The van der Waals surface area contributed by atoms with Crippen LogP contribution in [0, 0.1) is 11.3 Å². The molecule has 0 spiro atoms. The van der Waals surface area contributed by atoms with Crippen molar-refractivity contribution in [3.05, 3.63) is 132 Å². The second-order valence-electron chi connectivity index (χ2n) is 10.2. The molecule has 0 aliphatic carbocycles. The molecular weight excluding hydrogens is 587 g/mol. The Morgan fingerprint density at radius 1 is 1.00 bits per heavy atom. The predicted molar refractivity (Wildman–Crippen MR) is 163 cm³/mol. The molecule has 0 unspecified atom stereocenters. The van der Waals surface area contributed by atoms with Gasteiger partial charge in [0.25, 0.3) is 17.4 Å². The smallest absolute Gasteiger partial charge is 0.261 e. The van der Waals surface area contributed by atoms with E-state index in [4.69, 9.17) is 28.3 Å². The highest BCUT2D eigenvalue weighted by atomic mass is 35.5. The number of fused-ring (bicyclic) bond motifs is 3. The van der Waals surface area contributed by atoms with Crippen molar-refractivity contribution in [2.24, 2.45) is 0 Å². The van der Waals surface area contributed by atoms with E-state index in [1.807, 2.05) is 12.1 Å². The second-order valence-corrected chi connectivity index (χ2v) is 11.0. The molecule has 214 valence electrons. The molecule has 0 fully saturated rings. The Balaban J connectivity index is 1.48. The largest absolute Gasteiger partial charge is 0.355 e. The monoisotopic (exact) mass is 610 g/mol. The molecule has 3 heterocycles. The van der Waals surface area contributed by atoms with Gasteiger partial charge in [0.1, 0.15) is 5.65 Å². The van der Waals surface area contributed by atoms with E-state index in [1.54, 1.807) is 81.8 Å². The molecule has 0 saturated heterocycles. The van der Waals surface area contributed by atoms with Gasteiger partial charge in [0.2, 0.25) is 0 Å². The molecule has 1 N–H and O–H groups in total. The fourth-order valence-electron chi connectivity index (χ4n) is 5.39. The van der Waals surface area contributed by atoms with E-state index >= 15 is 0 Å². The number of nitrogens with zero attached hydrogens (tertiary/aromatic N) is 5. The van der Waals surface area contributed by atoms with Crippen molar-refractivity contribution < 1.29 is 9.59 Å². The summed E-state index contributed by atoms with van der Waals surface area (Å²) in [6.45, 7) is 0.510. The summed E-state index contributed by atoms with van der Waals surface area (Å²) in [5, 5.41) is 17.2. The van der Waals surface area contributed by atoms with Crippen molar-refractivity contribution in [3.63, 3.8) is 0 Å². The van der Waals surface area contributed by atoms with Crippen molar-refractivity contribution in [2.45, 2.75) is 19.4 Å². The number of rotatable bonds is 5. The Morgan fingerprint density at radius 2 is 1.72 bits per heavy atom. The molecule has 2 amide bonds. The minimum atomic E-state index is -0.230. The SMILES string of the molecule is CNC(=O)c1ccc(-n2c(=O)c3c(n4ncc(Cc5ccc(C#N)cc5)c24)CN(C(=O)c2ccc(Cl)c(Cl)c2)CC3)cc1. The van der Waals surface area contributed by atoms with Crippen LogP contribution in [0.5, 0.6) is 0 Å². The summed E-state index contributed by atoms with van der Waals surface area (Å²) in [7, 11) is 1.56. The third-order valence-electron chi connectivity index (χ3n) is 7.61. The predicted octanol–water partition coefficient (Wildman–Crippen LogP) is 4.81. The van der Waals surface area contributed by atoms with Crippen molar-refractivity contribution in [3.8, 4) is 11.8 Å². The first-order chi connectivity index (χ1) is 20.8. The van der Waals surface area contributed by atoms with Crippen LogP contribution in [-0.2, 0) is 19.4 Å². The second kappa shape index (κ2) is 11.4. The van der Waals surface area contributed by atoms with Gasteiger partial charge in [-0.2, -0.15) is 10.4 Å². The van der Waals surface area contributed by atoms with E-state index in [-0.39, 0.29) is 28.9 Å². The van der Waals surface area contributed by atoms with Gasteiger partial charge in [0.05, 0.1) is 45.8 Å². The minimum absolute atomic E-state index is 0.175. The average Bonchev–Trinajstić information content (AvgIpc) is 3.45. The number of hydrogen-bond donors (Lipinski definition) is 1. The van der Waals surface area contributed by atoms with Crippen LogP contribution >= 0.6 is 23.2 Å². The quantitative estimate of drug-likeness (QED) is 0.307. The van der Waals surface area contributed by atoms with Crippen molar-refractivity contribution in [1.82, 2.24) is 24.4 Å². The van der Waals surface area contributed by atoms with Crippen LogP contribution in [0.4, 0.5) is 0 Å². The maximum Gasteiger partial charge on any atom is 0.261 e. The molecule has 1 aliphatic heterocycles. The van der Waals surface area contributed by atoms with Gasteiger partial charge >= 0.3 is 0 Å². The average molecular weight is 611 g/mol. The van der Waals surface area contributed by atoms with E-state index in [2.05, 4.69) is 11.4 Å². The zero-order valence-corrected chi connectivity index (χ0v) is 24.5. The number of amides is 2. The zero-order chi connectivity index (χ0) is 30.2. The van der Waals surface area contributed by atoms with Gasteiger partial charge in [-0.3, -0.25) is 19.0 Å². The van der Waals surface area contributed by atoms with Gasteiger partial charge in [0, 0.05) is 42.3 Å². The molecule has 0 saturated carbocycles. The zero-order valence-electron chi connectivity index (χ0n) is 23.0. The summed E-state index contributed by atoms with van der Waals surface area (Å²) in [6, 6.07) is 20.9. The number of aromatic nitrogens is 3. The van der Waals surface area contributed by atoms with Crippen LogP contribution < -0.4 is 10.9 Å². The lowest BCUT2D eigenvalue weighted by molar-refractivity contribution is 0.0729. The number of nitriles is 1. The molecule has 43 heavy (non-hydrogen) atoms. The maximum absolute atomic E-state index is 14.2. The van der Waals surface area contributed by atoms with E-state index in [0.29, 0.717) is 63.7 Å². The van der Waals surface area contributed by atoms with Crippen molar-refractivity contribution in [1.29, 1.82) is 5.26 Å².